The predicted molar refractivity (Wildman–Crippen MR) is 86.9 cm³/mol. The minimum absolute atomic E-state index is 0.0286. The van der Waals surface area contributed by atoms with E-state index in [-0.39, 0.29) is 12.3 Å². The third-order valence-corrected chi connectivity index (χ3v) is 4.84. The molecule has 0 aliphatic carbocycles. The molecule has 1 amide bonds. The number of fused-ring (bicyclic) bond motifs is 1. The molecule has 6 heteroatoms. The molecular weight excluding hydrogens is 310 g/mol. The zero-order chi connectivity index (χ0) is 15.6. The summed E-state index contributed by atoms with van der Waals surface area (Å²) >= 11 is 1.54. The summed E-state index contributed by atoms with van der Waals surface area (Å²) < 4.78 is 5.60. The second kappa shape index (κ2) is 5.96. The van der Waals surface area contributed by atoms with Crippen LogP contribution in [-0.4, -0.2) is 27.5 Å². The first-order chi connectivity index (χ1) is 11.3. The molecular formula is C17H15N3O2S. The Morgan fingerprint density at radius 1 is 1.17 bits per heavy atom. The number of nitrogens with zero attached hydrogens (tertiary/aromatic N) is 3. The van der Waals surface area contributed by atoms with E-state index in [4.69, 9.17) is 4.42 Å². The van der Waals surface area contributed by atoms with Crippen molar-refractivity contribution in [3.05, 3.63) is 58.8 Å². The van der Waals surface area contributed by atoms with E-state index in [2.05, 4.69) is 22.3 Å². The van der Waals surface area contributed by atoms with Crippen molar-refractivity contribution in [1.29, 1.82) is 0 Å². The summed E-state index contributed by atoms with van der Waals surface area (Å²) in [6.07, 6.45) is 1.05. The van der Waals surface area contributed by atoms with Crippen LogP contribution in [0.4, 0.5) is 0 Å². The fraction of sp³-hybridized carbons (Fsp3) is 0.235. The topological polar surface area (TPSA) is 59.2 Å². The summed E-state index contributed by atoms with van der Waals surface area (Å²) in [5, 5.41) is 9.96. The molecule has 23 heavy (non-hydrogen) atoms. The number of hydrogen-bond donors (Lipinski definition) is 0. The standard InChI is InChI=1S/C17H15N3O2S/c21-16(20-8-7-12-4-1-2-5-13(12)11-20)10-15-18-19-17(22-15)14-6-3-9-23-14/h1-6,9H,7-8,10-11H2. The molecule has 0 fully saturated rings. The Hall–Kier alpha value is -2.47. The van der Waals surface area contributed by atoms with E-state index in [1.54, 1.807) is 0 Å². The van der Waals surface area contributed by atoms with Gasteiger partial charge in [0, 0.05) is 13.1 Å². The monoisotopic (exact) mass is 325 g/mol. The summed E-state index contributed by atoms with van der Waals surface area (Å²) in [6.45, 7) is 1.39. The van der Waals surface area contributed by atoms with Gasteiger partial charge in [-0.25, -0.2) is 0 Å². The summed E-state index contributed by atoms with van der Waals surface area (Å²) in [5.41, 5.74) is 2.55. The Morgan fingerprint density at radius 3 is 2.87 bits per heavy atom. The number of carbonyl (C=O) groups is 1. The SMILES string of the molecule is O=C(Cc1nnc(-c2cccs2)o1)N1CCc2ccccc2C1. The fourth-order valence-electron chi connectivity index (χ4n) is 2.77. The van der Waals surface area contributed by atoms with Gasteiger partial charge in [-0.1, -0.05) is 30.3 Å². The van der Waals surface area contributed by atoms with Gasteiger partial charge in [-0.2, -0.15) is 0 Å². The minimum atomic E-state index is 0.0286. The van der Waals surface area contributed by atoms with Gasteiger partial charge in [-0.15, -0.1) is 21.5 Å². The lowest BCUT2D eigenvalue weighted by atomic mass is 10.00. The first kappa shape index (κ1) is 14.1. The Labute approximate surface area is 137 Å². The normalized spacial score (nSPS) is 13.8. The zero-order valence-electron chi connectivity index (χ0n) is 12.4. The van der Waals surface area contributed by atoms with Gasteiger partial charge in [0.05, 0.1) is 4.88 Å². The number of rotatable bonds is 3. The highest BCUT2D eigenvalue weighted by Gasteiger charge is 2.22. The molecule has 0 spiro atoms. The molecule has 0 saturated carbocycles. The highest BCUT2D eigenvalue weighted by molar-refractivity contribution is 7.13. The van der Waals surface area contributed by atoms with Crippen LogP contribution in [0.15, 0.2) is 46.2 Å². The number of carbonyl (C=O) groups excluding carboxylic acids is 1. The Balaban J connectivity index is 1.45. The summed E-state index contributed by atoms with van der Waals surface area (Å²) in [7, 11) is 0. The van der Waals surface area contributed by atoms with Gasteiger partial charge in [0.1, 0.15) is 6.42 Å². The summed E-state index contributed by atoms with van der Waals surface area (Å²) in [5.74, 6) is 0.880. The highest BCUT2D eigenvalue weighted by Crippen LogP contribution is 2.24. The molecule has 4 rings (SSSR count). The van der Waals surface area contributed by atoms with Crippen LogP contribution in [0, 0.1) is 0 Å². The number of benzene rings is 1. The maximum absolute atomic E-state index is 12.5. The van der Waals surface area contributed by atoms with E-state index in [9.17, 15) is 4.79 Å². The summed E-state index contributed by atoms with van der Waals surface area (Å²) in [6, 6.07) is 12.1. The van der Waals surface area contributed by atoms with E-state index in [0.717, 1.165) is 17.8 Å². The van der Waals surface area contributed by atoms with Gasteiger partial charge in [-0.05, 0) is 29.0 Å². The lowest BCUT2D eigenvalue weighted by Crippen LogP contribution is -2.36. The average molecular weight is 325 g/mol. The van der Waals surface area contributed by atoms with Gasteiger partial charge in [-0.3, -0.25) is 4.79 Å². The third-order valence-electron chi connectivity index (χ3n) is 3.98. The lowest BCUT2D eigenvalue weighted by molar-refractivity contribution is -0.131. The largest absolute Gasteiger partial charge is 0.419 e. The smallest absolute Gasteiger partial charge is 0.257 e. The molecule has 116 valence electrons. The Kier molecular flexibility index (Phi) is 3.67. The zero-order valence-corrected chi connectivity index (χ0v) is 13.3. The van der Waals surface area contributed by atoms with Crippen molar-refractivity contribution in [2.24, 2.45) is 0 Å². The van der Waals surface area contributed by atoms with Crippen molar-refractivity contribution in [3.63, 3.8) is 0 Å². The molecule has 3 heterocycles. The van der Waals surface area contributed by atoms with Crippen molar-refractivity contribution < 1.29 is 9.21 Å². The molecule has 0 bridgehead atoms. The highest BCUT2D eigenvalue weighted by atomic mass is 32.1. The van der Waals surface area contributed by atoms with E-state index in [0.29, 0.717) is 18.3 Å². The molecule has 1 aliphatic rings. The van der Waals surface area contributed by atoms with E-state index in [1.807, 2.05) is 34.5 Å². The second-order valence-corrected chi connectivity index (χ2v) is 6.44. The second-order valence-electron chi connectivity index (χ2n) is 5.49. The fourth-order valence-corrected chi connectivity index (χ4v) is 3.42. The maximum atomic E-state index is 12.5. The molecule has 3 aromatic rings. The third kappa shape index (κ3) is 2.90. The number of aromatic nitrogens is 2. The van der Waals surface area contributed by atoms with Crippen molar-refractivity contribution in [1.82, 2.24) is 15.1 Å². The minimum Gasteiger partial charge on any atom is -0.419 e. The van der Waals surface area contributed by atoms with Crippen LogP contribution in [0.5, 0.6) is 0 Å². The van der Waals surface area contributed by atoms with Gasteiger partial charge >= 0.3 is 0 Å². The van der Waals surface area contributed by atoms with Crippen LogP contribution in [-0.2, 0) is 24.2 Å². The Morgan fingerprint density at radius 2 is 2.04 bits per heavy atom. The number of amides is 1. The van der Waals surface area contributed by atoms with Crippen LogP contribution >= 0.6 is 11.3 Å². The average Bonchev–Trinajstić information content (AvgIpc) is 3.25. The molecule has 0 radical (unpaired) electrons. The van der Waals surface area contributed by atoms with E-state index >= 15 is 0 Å². The van der Waals surface area contributed by atoms with Crippen molar-refractivity contribution in [3.8, 4) is 10.8 Å². The first-order valence-electron chi connectivity index (χ1n) is 7.50. The molecule has 5 nitrogen and oxygen atoms in total. The van der Waals surface area contributed by atoms with Crippen LogP contribution in [0.1, 0.15) is 17.0 Å². The van der Waals surface area contributed by atoms with Gasteiger partial charge in [0.25, 0.3) is 5.89 Å². The van der Waals surface area contributed by atoms with Crippen molar-refractivity contribution in [2.75, 3.05) is 6.54 Å². The molecule has 0 saturated heterocycles. The quantitative estimate of drug-likeness (QED) is 0.743. The number of hydrogen-bond acceptors (Lipinski definition) is 5. The van der Waals surface area contributed by atoms with E-state index < -0.39 is 0 Å². The molecule has 0 N–H and O–H groups in total. The molecule has 0 unspecified atom stereocenters. The molecule has 1 aromatic carbocycles. The van der Waals surface area contributed by atoms with Gasteiger partial charge in [0.2, 0.25) is 11.8 Å². The molecule has 1 aliphatic heterocycles. The van der Waals surface area contributed by atoms with Gasteiger partial charge in [0.15, 0.2) is 0 Å². The van der Waals surface area contributed by atoms with Crippen LogP contribution in [0.3, 0.4) is 0 Å². The molecule has 0 atom stereocenters. The van der Waals surface area contributed by atoms with Crippen molar-refractivity contribution >= 4 is 17.2 Å². The van der Waals surface area contributed by atoms with Crippen LogP contribution < -0.4 is 0 Å². The first-order valence-corrected chi connectivity index (χ1v) is 8.38. The number of thiophene rings is 1. The Bertz CT molecular complexity index is 826. The maximum Gasteiger partial charge on any atom is 0.257 e. The van der Waals surface area contributed by atoms with Crippen molar-refractivity contribution in [2.45, 2.75) is 19.4 Å². The summed E-state index contributed by atoms with van der Waals surface area (Å²) in [4.78, 5) is 15.3. The van der Waals surface area contributed by atoms with Gasteiger partial charge < -0.3 is 9.32 Å². The predicted octanol–water partition coefficient (Wildman–Crippen LogP) is 2.93. The van der Waals surface area contributed by atoms with Crippen LogP contribution in [0.25, 0.3) is 10.8 Å². The lowest BCUT2D eigenvalue weighted by Gasteiger charge is -2.28. The van der Waals surface area contributed by atoms with Crippen LogP contribution in [0.2, 0.25) is 0 Å². The molecule has 2 aromatic heterocycles. The van der Waals surface area contributed by atoms with E-state index in [1.165, 1.54) is 22.5 Å².